The molecule has 1 saturated heterocycles. The highest BCUT2D eigenvalue weighted by Crippen LogP contribution is 2.26. The Morgan fingerprint density at radius 2 is 1.81 bits per heavy atom. The summed E-state index contributed by atoms with van der Waals surface area (Å²) < 4.78 is 40.5. The maximum Gasteiger partial charge on any atom is 0.243 e. The predicted octanol–water partition coefficient (Wildman–Crippen LogP) is 2.85. The van der Waals surface area contributed by atoms with Gasteiger partial charge in [0.25, 0.3) is 0 Å². The third-order valence-corrected chi connectivity index (χ3v) is 6.94. The Morgan fingerprint density at radius 1 is 1.15 bits per heavy atom. The first-order chi connectivity index (χ1) is 12.9. The fraction of sp³-hybridized carbons (Fsp3) is 0.350. The quantitative estimate of drug-likeness (QED) is 0.854. The van der Waals surface area contributed by atoms with Crippen molar-refractivity contribution in [2.45, 2.75) is 31.2 Å². The highest BCUT2D eigenvalue weighted by atomic mass is 32.2. The maximum absolute atomic E-state index is 13.5. The summed E-state index contributed by atoms with van der Waals surface area (Å²) in [5.41, 5.74) is 1.53. The summed E-state index contributed by atoms with van der Waals surface area (Å²) in [5, 5.41) is 2.91. The van der Waals surface area contributed by atoms with E-state index in [1.807, 2.05) is 30.3 Å². The van der Waals surface area contributed by atoms with Crippen molar-refractivity contribution < 1.29 is 17.6 Å². The Morgan fingerprint density at radius 3 is 2.48 bits per heavy atom. The van der Waals surface area contributed by atoms with Crippen LogP contribution in [0.3, 0.4) is 0 Å². The molecule has 0 saturated carbocycles. The Bertz CT molecular complexity index is 908. The fourth-order valence-corrected chi connectivity index (χ4v) is 4.98. The maximum atomic E-state index is 13.5. The molecule has 3 rings (SSSR count). The number of halogens is 1. The second kappa shape index (κ2) is 8.19. The van der Waals surface area contributed by atoms with Gasteiger partial charge in [-0.15, -0.1) is 0 Å². The number of amides is 1. The minimum atomic E-state index is -3.76. The van der Waals surface area contributed by atoms with E-state index < -0.39 is 15.8 Å². The van der Waals surface area contributed by atoms with Crippen LogP contribution in [0, 0.1) is 18.7 Å². The van der Waals surface area contributed by atoms with Crippen LogP contribution in [0.4, 0.5) is 4.39 Å². The van der Waals surface area contributed by atoms with Crippen molar-refractivity contribution in [3.8, 4) is 0 Å². The van der Waals surface area contributed by atoms with Gasteiger partial charge in [0.1, 0.15) is 5.82 Å². The zero-order chi connectivity index (χ0) is 19.4. The number of hydrogen-bond donors (Lipinski definition) is 1. The molecule has 1 N–H and O–H groups in total. The van der Waals surface area contributed by atoms with E-state index >= 15 is 0 Å². The highest BCUT2D eigenvalue weighted by Gasteiger charge is 2.32. The van der Waals surface area contributed by atoms with E-state index in [1.165, 1.54) is 16.4 Å². The first kappa shape index (κ1) is 19.5. The molecule has 1 aliphatic rings. The Hall–Kier alpha value is -2.25. The van der Waals surface area contributed by atoms with E-state index in [0.717, 1.165) is 11.6 Å². The number of carbonyl (C=O) groups is 1. The normalized spacial score (nSPS) is 16.2. The average Bonchev–Trinajstić information content (AvgIpc) is 2.68. The van der Waals surface area contributed by atoms with Gasteiger partial charge in [-0.05, 0) is 43.0 Å². The number of hydrogen-bond acceptors (Lipinski definition) is 3. The van der Waals surface area contributed by atoms with E-state index in [-0.39, 0.29) is 29.8 Å². The minimum absolute atomic E-state index is 0.00511. The van der Waals surface area contributed by atoms with Gasteiger partial charge >= 0.3 is 0 Å². The second-order valence-corrected chi connectivity index (χ2v) is 8.70. The van der Waals surface area contributed by atoms with Crippen molar-refractivity contribution in [1.82, 2.24) is 9.62 Å². The molecule has 0 spiro atoms. The Balaban J connectivity index is 1.59. The first-order valence-corrected chi connectivity index (χ1v) is 10.4. The molecule has 0 atom stereocenters. The molecule has 0 unspecified atom stereocenters. The molecule has 7 heteroatoms. The molecule has 2 aromatic rings. The monoisotopic (exact) mass is 390 g/mol. The van der Waals surface area contributed by atoms with E-state index in [9.17, 15) is 17.6 Å². The lowest BCUT2D eigenvalue weighted by Crippen LogP contribution is -2.43. The molecule has 27 heavy (non-hydrogen) atoms. The van der Waals surface area contributed by atoms with Crippen LogP contribution in [0.5, 0.6) is 0 Å². The minimum Gasteiger partial charge on any atom is -0.352 e. The third kappa shape index (κ3) is 4.54. The number of rotatable bonds is 5. The van der Waals surface area contributed by atoms with E-state index in [1.54, 1.807) is 6.92 Å². The van der Waals surface area contributed by atoms with Crippen LogP contribution >= 0.6 is 0 Å². The molecule has 1 aliphatic heterocycles. The zero-order valence-electron chi connectivity index (χ0n) is 15.2. The molecular weight excluding hydrogens is 367 g/mol. The summed E-state index contributed by atoms with van der Waals surface area (Å²) in [5.74, 6) is -0.846. The lowest BCUT2D eigenvalue weighted by atomic mass is 9.97. The molecule has 0 radical (unpaired) electrons. The molecule has 144 valence electrons. The van der Waals surface area contributed by atoms with Gasteiger partial charge in [0.2, 0.25) is 15.9 Å². The summed E-state index contributed by atoms with van der Waals surface area (Å²) >= 11 is 0. The molecule has 0 bridgehead atoms. The average molecular weight is 390 g/mol. The highest BCUT2D eigenvalue weighted by molar-refractivity contribution is 7.89. The second-order valence-electron chi connectivity index (χ2n) is 6.79. The molecule has 0 aromatic heterocycles. The number of nitrogens with zero attached hydrogens (tertiary/aromatic N) is 1. The van der Waals surface area contributed by atoms with Gasteiger partial charge in [-0.25, -0.2) is 12.8 Å². The number of carbonyl (C=O) groups excluding carboxylic acids is 1. The van der Waals surface area contributed by atoms with Crippen molar-refractivity contribution in [3.05, 3.63) is 65.5 Å². The summed E-state index contributed by atoms with van der Waals surface area (Å²) in [4.78, 5) is 12.4. The number of aryl methyl sites for hydroxylation is 1. The lowest BCUT2D eigenvalue weighted by molar-refractivity contribution is -0.126. The van der Waals surface area contributed by atoms with Crippen LogP contribution in [0.15, 0.2) is 53.4 Å². The summed E-state index contributed by atoms with van der Waals surface area (Å²) in [7, 11) is -3.76. The molecule has 1 amide bonds. The molecule has 1 fully saturated rings. The van der Waals surface area contributed by atoms with Crippen molar-refractivity contribution in [1.29, 1.82) is 0 Å². The largest absolute Gasteiger partial charge is 0.352 e. The van der Waals surface area contributed by atoms with Crippen molar-refractivity contribution in [2.24, 2.45) is 5.92 Å². The van der Waals surface area contributed by atoms with E-state index in [4.69, 9.17) is 0 Å². The van der Waals surface area contributed by atoms with Gasteiger partial charge in [-0.2, -0.15) is 4.31 Å². The standard InChI is InChI=1S/C20H23FN2O3S/c1-15-7-8-18(21)13-19(15)27(25,26)23-11-9-17(10-12-23)20(24)22-14-16-5-3-2-4-6-16/h2-8,13,17H,9-12,14H2,1H3,(H,22,24). The van der Waals surface area contributed by atoms with Gasteiger partial charge in [0.05, 0.1) is 4.90 Å². The van der Waals surface area contributed by atoms with E-state index in [2.05, 4.69) is 5.32 Å². The van der Waals surface area contributed by atoms with Crippen LogP contribution in [0.2, 0.25) is 0 Å². The Kier molecular flexibility index (Phi) is 5.92. The van der Waals surface area contributed by atoms with E-state index in [0.29, 0.717) is 24.9 Å². The third-order valence-electron chi connectivity index (χ3n) is 4.90. The fourth-order valence-electron chi connectivity index (χ4n) is 3.28. The van der Waals surface area contributed by atoms with Crippen LogP contribution < -0.4 is 5.32 Å². The summed E-state index contributed by atoms with van der Waals surface area (Å²) in [6.07, 6.45) is 0.905. The van der Waals surface area contributed by atoms with Crippen molar-refractivity contribution >= 4 is 15.9 Å². The molecule has 5 nitrogen and oxygen atoms in total. The smallest absolute Gasteiger partial charge is 0.243 e. The first-order valence-electron chi connectivity index (χ1n) is 8.96. The number of nitrogens with one attached hydrogen (secondary N) is 1. The zero-order valence-corrected chi connectivity index (χ0v) is 16.0. The summed E-state index contributed by atoms with van der Waals surface area (Å²) in [6, 6.07) is 13.4. The summed E-state index contributed by atoms with van der Waals surface area (Å²) in [6.45, 7) is 2.61. The number of sulfonamides is 1. The van der Waals surface area contributed by atoms with Crippen molar-refractivity contribution in [2.75, 3.05) is 13.1 Å². The lowest BCUT2D eigenvalue weighted by Gasteiger charge is -2.31. The van der Waals surface area contributed by atoms with Crippen LogP contribution in [0.1, 0.15) is 24.0 Å². The van der Waals surface area contributed by atoms with Crippen LogP contribution in [0.25, 0.3) is 0 Å². The topological polar surface area (TPSA) is 66.5 Å². The van der Waals surface area contributed by atoms with Gasteiger partial charge in [0, 0.05) is 25.6 Å². The Labute approximate surface area is 159 Å². The van der Waals surface area contributed by atoms with Crippen molar-refractivity contribution in [3.63, 3.8) is 0 Å². The molecular formula is C20H23FN2O3S. The molecule has 0 aliphatic carbocycles. The van der Waals surface area contributed by atoms with Crippen LogP contribution in [-0.4, -0.2) is 31.7 Å². The number of piperidine rings is 1. The van der Waals surface area contributed by atoms with Gasteiger partial charge in [-0.3, -0.25) is 4.79 Å². The van der Waals surface area contributed by atoms with Gasteiger partial charge in [0.15, 0.2) is 0 Å². The SMILES string of the molecule is Cc1ccc(F)cc1S(=O)(=O)N1CCC(C(=O)NCc2ccccc2)CC1. The van der Waals surface area contributed by atoms with Gasteiger partial charge < -0.3 is 5.32 Å². The van der Waals surface area contributed by atoms with Crippen LogP contribution in [-0.2, 0) is 21.4 Å². The van der Waals surface area contributed by atoms with Gasteiger partial charge in [-0.1, -0.05) is 36.4 Å². The molecule has 1 heterocycles. The predicted molar refractivity (Wildman–Crippen MR) is 101 cm³/mol. The molecule has 2 aromatic carbocycles. The number of benzene rings is 2.